The van der Waals surface area contributed by atoms with E-state index >= 15 is 0 Å². The minimum atomic E-state index is 0.0632. The van der Waals surface area contributed by atoms with Gasteiger partial charge in [0.25, 0.3) is 0 Å². The predicted molar refractivity (Wildman–Crippen MR) is 110 cm³/mol. The molecule has 0 aliphatic heterocycles. The zero-order valence-electron chi connectivity index (χ0n) is 14.8. The molecule has 2 aromatic carbocycles. The van der Waals surface area contributed by atoms with Crippen molar-refractivity contribution in [1.82, 2.24) is 15.0 Å². The van der Waals surface area contributed by atoms with Crippen molar-refractivity contribution >= 4 is 45.6 Å². The normalized spacial score (nSPS) is 10.6. The molecule has 2 heterocycles. The third-order valence-electron chi connectivity index (χ3n) is 4.01. The minimum Gasteiger partial charge on any atom is -0.504 e. The van der Waals surface area contributed by atoms with E-state index in [0.29, 0.717) is 28.2 Å². The first-order valence-electron chi connectivity index (χ1n) is 8.40. The molecule has 4 rings (SSSR count). The summed E-state index contributed by atoms with van der Waals surface area (Å²) in [5.74, 6) is 1.43. The van der Waals surface area contributed by atoms with Crippen LogP contribution >= 0.6 is 11.6 Å². The molecular formula is C20H16ClN5O2. The van der Waals surface area contributed by atoms with Crippen LogP contribution in [0.25, 0.3) is 10.9 Å². The van der Waals surface area contributed by atoms with E-state index in [2.05, 4.69) is 25.6 Å². The molecule has 4 aromatic rings. The van der Waals surface area contributed by atoms with Crippen LogP contribution in [0.15, 0.2) is 60.9 Å². The lowest BCUT2D eigenvalue weighted by Gasteiger charge is -2.10. The number of aromatic nitrogens is 3. The Kier molecular flexibility index (Phi) is 4.82. The summed E-state index contributed by atoms with van der Waals surface area (Å²) in [6.07, 6.45) is 3.37. The van der Waals surface area contributed by atoms with E-state index in [1.807, 2.05) is 24.3 Å². The SMILES string of the molecule is COc1cc(Nc2nccc(Nc3cnc4ccc(Cl)cc4c3)n2)ccc1O. The van der Waals surface area contributed by atoms with Gasteiger partial charge in [0.1, 0.15) is 5.82 Å². The van der Waals surface area contributed by atoms with Gasteiger partial charge in [-0.1, -0.05) is 11.6 Å². The van der Waals surface area contributed by atoms with Gasteiger partial charge < -0.3 is 20.5 Å². The number of rotatable bonds is 5. The summed E-state index contributed by atoms with van der Waals surface area (Å²) in [5, 5.41) is 17.6. The van der Waals surface area contributed by atoms with E-state index in [-0.39, 0.29) is 5.75 Å². The van der Waals surface area contributed by atoms with Crippen molar-refractivity contribution in [2.75, 3.05) is 17.7 Å². The topological polar surface area (TPSA) is 92.2 Å². The van der Waals surface area contributed by atoms with Gasteiger partial charge in [-0.25, -0.2) is 4.98 Å². The van der Waals surface area contributed by atoms with E-state index in [0.717, 1.165) is 16.6 Å². The van der Waals surface area contributed by atoms with Gasteiger partial charge in [-0.3, -0.25) is 4.98 Å². The number of nitrogens with zero attached hydrogens (tertiary/aromatic N) is 3. The minimum absolute atomic E-state index is 0.0632. The molecule has 0 amide bonds. The Balaban J connectivity index is 1.55. The van der Waals surface area contributed by atoms with Gasteiger partial charge in [-0.05, 0) is 42.5 Å². The molecule has 3 N–H and O–H groups in total. The van der Waals surface area contributed by atoms with Crippen LogP contribution in [0, 0.1) is 0 Å². The van der Waals surface area contributed by atoms with E-state index < -0.39 is 0 Å². The zero-order chi connectivity index (χ0) is 19.5. The van der Waals surface area contributed by atoms with Crippen molar-refractivity contribution in [2.45, 2.75) is 0 Å². The van der Waals surface area contributed by atoms with Crippen LogP contribution in [0.4, 0.5) is 23.1 Å². The highest BCUT2D eigenvalue weighted by molar-refractivity contribution is 6.31. The molecule has 0 aliphatic rings. The molecule has 0 fully saturated rings. The Bertz CT molecular complexity index is 1150. The fourth-order valence-corrected chi connectivity index (χ4v) is 2.87. The summed E-state index contributed by atoms with van der Waals surface area (Å²) < 4.78 is 5.11. The van der Waals surface area contributed by atoms with Crippen LogP contribution in [0.5, 0.6) is 11.5 Å². The summed E-state index contributed by atoms with van der Waals surface area (Å²) >= 11 is 6.06. The van der Waals surface area contributed by atoms with E-state index in [1.165, 1.54) is 13.2 Å². The number of methoxy groups -OCH3 is 1. The summed E-state index contributed by atoms with van der Waals surface area (Å²) in [5.41, 5.74) is 2.33. The number of hydrogen-bond acceptors (Lipinski definition) is 7. The monoisotopic (exact) mass is 393 g/mol. The fraction of sp³-hybridized carbons (Fsp3) is 0.0500. The average Bonchev–Trinajstić information content (AvgIpc) is 2.69. The first-order valence-corrected chi connectivity index (χ1v) is 8.78. The maximum absolute atomic E-state index is 9.69. The predicted octanol–water partition coefficient (Wildman–Crippen LogP) is 4.88. The molecule has 0 aliphatic carbocycles. The Morgan fingerprint density at radius 3 is 2.71 bits per heavy atom. The van der Waals surface area contributed by atoms with Crippen molar-refractivity contribution in [3.8, 4) is 11.5 Å². The number of fused-ring (bicyclic) bond motifs is 1. The standard InChI is InChI=1S/C20H16ClN5O2/c1-28-18-10-14(3-5-17(18)27)25-20-22-7-6-19(26-20)24-15-9-12-8-13(21)2-4-16(12)23-11-15/h2-11,27H,1H3,(H2,22,24,25,26). The fourth-order valence-electron chi connectivity index (χ4n) is 2.69. The molecule has 2 aromatic heterocycles. The summed E-state index contributed by atoms with van der Waals surface area (Å²) in [6, 6.07) is 14.2. The molecule has 0 atom stereocenters. The van der Waals surface area contributed by atoms with Crippen LogP contribution in [0.1, 0.15) is 0 Å². The number of ether oxygens (including phenoxy) is 1. The number of benzene rings is 2. The van der Waals surface area contributed by atoms with Gasteiger partial charge in [-0.15, -0.1) is 0 Å². The smallest absolute Gasteiger partial charge is 0.229 e. The number of pyridine rings is 1. The number of aromatic hydroxyl groups is 1. The summed E-state index contributed by atoms with van der Waals surface area (Å²) in [7, 11) is 1.49. The molecule has 0 spiro atoms. The van der Waals surface area contributed by atoms with E-state index in [9.17, 15) is 5.11 Å². The molecule has 0 saturated heterocycles. The zero-order valence-corrected chi connectivity index (χ0v) is 15.6. The summed E-state index contributed by atoms with van der Waals surface area (Å²) in [4.78, 5) is 13.1. The van der Waals surface area contributed by atoms with Gasteiger partial charge >= 0.3 is 0 Å². The van der Waals surface area contributed by atoms with Crippen LogP contribution in [0.2, 0.25) is 5.02 Å². The molecule has 140 valence electrons. The van der Waals surface area contributed by atoms with E-state index in [4.69, 9.17) is 16.3 Å². The Morgan fingerprint density at radius 2 is 1.86 bits per heavy atom. The van der Waals surface area contributed by atoms with Gasteiger partial charge in [0.2, 0.25) is 5.95 Å². The third kappa shape index (κ3) is 3.89. The first-order chi connectivity index (χ1) is 13.6. The second kappa shape index (κ2) is 7.58. The first kappa shape index (κ1) is 17.8. The molecule has 0 unspecified atom stereocenters. The molecule has 8 heteroatoms. The number of phenolic OH excluding ortho intramolecular Hbond substituents is 1. The molecule has 0 saturated carbocycles. The highest BCUT2D eigenvalue weighted by Gasteiger charge is 2.06. The van der Waals surface area contributed by atoms with Gasteiger partial charge in [0, 0.05) is 28.4 Å². The molecule has 0 radical (unpaired) electrons. The quantitative estimate of drug-likeness (QED) is 0.416. The van der Waals surface area contributed by atoms with Crippen molar-refractivity contribution in [3.63, 3.8) is 0 Å². The van der Waals surface area contributed by atoms with Crippen molar-refractivity contribution in [1.29, 1.82) is 0 Å². The maximum atomic E-state index is 9.69. The number of halogens is 1. The lowest BCUT2D eigenvalue weighted by atomic mass is 10.2. The highest BCUT2D eigenvalue weighted by atomic mass is 35.5. The van der Waals surface area contributed by atoms with Crippen molar-refractivity contribution in [3.05, 3.63) is 65.9 Å². The number of phenols is 1. The molecule has 7 nitrogen and oxygen atoms in total. The average molecular weight is 394 g/mol. The number of anilines is 4. The molecule has 28 heavy (non-hydrogen) atoms. The third-order valence-corrected chi connectivity index (χ3v) is 4.24. The highest BCUT2D eigenvalue weighted by Crippen LogP contribution is 2.30. The second-order valence-electron chi connectivity index (χ2n) is 5.96. The van der Waals surface area contributed by atoms with Crippen LogP contribution in [0.3, 0.4) is 0 Å². The Labute approximate surface area is 166 Å². The molecular weight excluding hydrogens is 378 g/mol. The Hall–Kier alpha value is -3.58. The van der Waals surface area contributed by atoms with Gasteiger partial charge in [0.05, 0.1) is 24.5 Å². The van der Waals surface area contributed by atoms with Crippen molar-refractivity contribution in [2.24, 2.45) is 0 Å². The maximum Gasteiger partial charge on any atom is 0.229 e. The largest absolute Gasteiger partial charge is 0.504 e. The lowest BCUT2D eigenvalue weighted by Crippen LogP contribution is -2.01. The number of nitrogens with one attached hydrogen (secondary N) is 2. The van der Waals surface area contributed by atoms with Crippen LogP contribution < -0.4 is 15.4 Å². The molecule has 0 bridgehead atoms. The van der Waals surface area contributed by atoms with Gasteiger partial charge in [0.15, 0.2) is 11.5 Å². The van der Waals surface area contributed by atoms with Gasteiger partial charge in [-0.2, -0.15) is 4.98 Å². The second-order valence-corrected chi connectivity index (χ2v) is 6.40. The van der Waals surface area contributed by atoms with Crippen LogP contribution in [-0.2, 0) is 0 Å². The van der Waals surface area contributed by atoms with Crippen LogP contribution in [-0.4, -0.2) is 27.2 Å². The van der Waals surface area contributed by atoms with Crippen molar-refractivity contribution < 1.29 is 9.84 Å². The number of hydrogen-bond donors (Lipinski definition) is 3. The summed E-state index contributed by atoms with van der Waals surface area (Å²) in [6.45, 7) is 0. The van der Waals surface area contributed by atoms with E-state index in [1.54, 1.807) is 30.6 Å². The lowest BCUT2D eigenvalue weighted by molar-refractivity contribution is 0.374. The Morgan fingerprint density at radius 1 is 0.964 bits per heavy atom.